The fourth-order valence-electron chi connectivity index (χ4n) is 1.26. The van der Waals surface area contributed by atoms with Gasteiger partial charge in [-0.25, -0.2) is 4.98 Å². The van der Waals surface area contributed by atoms with Gasteiger partial charge in [-0.2, -0.15) is 0 Å². The van der Waals surface area contributed by atoms with Gasteiger partial charge < -0.3 is 5.32 Å². The third-order valence-corrected chi connectivity index (χ3v) is 2.94. The summed E-state index contributed by atoms with van der Waals surface area (Å²) in [5, 5.41) is 10.9. The van der Waals surface area contributed by atoms with E-state index in [4.69, 9.17) is 0 Å². The van der Waals surface area contributed by atoms with Gasteiger partial charge in [-0.3, -0.25) is 4.68 Å². The third-order valence-electron chi connectivity index (χ3n) is 2.23. The zero-order chi connectivity index (χ0) is 11.4. The van der Waals surface area contributed by atoms with Crippen molar-refractivity contribution in [2.45, 2.75) is 11.4 Å². The van der Waals surface area contributed by atoms with Crippen LogP contribution in [-0.2, 0) is 13.6 Å². The second-order valence-electron chi connectivity index (χ2n) is 3.29. The van der Waals surface area contributed by atoms with Crippen molar-refractivity contribution in [3.63, 3.8) is 0 Å². The number of nitrogens with zero attached hydrogens (tertiary/aromatic N) is 4. The summed E-state index contributed by atoms with van der Waals surface area (Å²) in [6.45, 7) is 0.676. The molecule has 0 atom stereocenters. The molecular weight excluding hydrogens is 222 g/mol. The Hall–Kier alpha value is -1.56. The molecule has 2 aromatic heterocycles. The zero-order valence-electron chi connectivity index (χ0n) is 9.21. The Labute approximate surface area is 98.3 Å². The first-order valence-corrected chi connectivity index (χ1v) is 6.09. The molecule has 2 aromatic rings. The van der Waals surface area contributed by atoms with Gasteiger partial charge >= 0.3 is 0 Å². The molecule has 0 amide bonds. The van der Waals surface area contributed by atoms with Crippen molar-refractivity contribution < 1.29 is 0 Å². The molecule has 16 heavy (non-hydrogen) atoms. The van der Waals surface area contributed by atoms with Gasteiger partial charge in [0.15, 0.2) is 0 Å². The monoisotopic (exact) mass is 235 g/mol. The molecule has 0 fully saturated rings. The number of nitrogens with one attached hydrogen (secondary N) is 1. The molecule has 0 saturated carbocycles. The molecule has 0 spiro atoms. The highest BCUT2D eigenvalue weighted by Crippen LogP contribution is 2.14. The molecule has 0 unspecified atom stereocenters. The molecule has 0 aromatic carbocycles. The maximum Gasteiger partial charge on any atom is 0.126 e. The lowest BCUT2D eigenvalue weighted by Crippen LogP contribution is -2.06. The van der Waals surface area contributed by atoms with E-state index >= 15 is 0 Å². The van der Waals surface area contributed by atoms with Gasteiger partial charge in [0.25, 0.3) is 0 Å². The standard InChI is InChI=1S/C10H13N5S/c1-15-8(6-13-14-15)5-11-10-4-3-9(16-2)7-12-10/h3-4,6-7H,5H2,1-2H3,(H,11,12). The topological polar surface area (TPSA) is 55.6 Å². The molecular formula is C10H13N5S. The molecule has 5 nitrogen and oxygen atoms in total. The fraction of sp³-hybridized carbons (Fsp3) is 0.300. The number of aromatic nitrogens is 4. The number of rotatable bonds is 4. The average molecular weight is 235 g/mol. The van der Waals surface area contributed by atoms with Gasteiger partial charge in [-0.1, -0.05) is 5.21 Å². The first-order chi connectivity index (χ1) is 7.79. The van der Waals surface area contributed by atoms with Crippen molar-refractivity contribution in [2.24, 2.45) is 7.05 Å². The molecule has 0 aliphatic heterocycles. The minimum atomic E-state index is 0.676. The van der Waals surface area contributed by atoms with Crippen LogP contribution in [0.5, 0.6) is 0 Å². The van der Waals surface area contributed by atoms with E-state index in [1.807, 2.05) is 31.6 Å². The molecule has 0 aliphatic carbocycles. The van der Waals surface area contributed by atoms with Gasteiger partial charge in [0.05, 0.1) is 18.4 Å². The highest BCUT2D eigenvalue weighted by molar-refractivity contribution is 7.98. The molecule has 2 rings (SSSR count). The highest BCUT2D eigenvalue weighted by Gasteiger charge is 2.00. The summed E-state index contributed by atoms with van der Waals surface area (Å²) in [6, 6.07) is 4.01. The van der Waals surface area contributed by atoms with Crippen molar-refractivity contribution in [1.29, 1.82) is 0 Å². The van der Waals surface area contributed by atoms with Crippen LogP contribution in [0.3, 0.4) is 0 Å². The molecule has 84 valence electrons. The lowest BCUT2D eigenvalue weighted by molar-refractivity contribution is 0.683. The van der Waals surface area contributed by atoms with Crippen molar-refractivity contribution in [3.8, 4) is 0 Å². The molecule has 0 aliphatic rings. The predicted molar refractivity (Wildman–Crippen MR) is 64.3 cm³/mol. The molecule has 2 heterocycles. The van der Waals surface area contributed by atoms with E-state index in [1.165, 1.54) is 0 Å². The first-order valence-electron chi connectivity index (χ1n) is 4.87. The lowest BCUT2D eigenvalue weighted by atomic mass is 10.4. The highest BCUT2D eigenvalue weighted by atomic mass is 32.2. The maximum absolute atomic E-state index is 4.30. The summed E-state index contributed by atoms with van der Waals surface area (Å²) in [7, 11) is 1.87. The number of aryl methyl sites for hydroxylation is 1. The maximum atomic E-state index is 4.30. The number of hydrogen-bond donors (Lipinski definition) is 1. The summed E-state index contributed by atoms with van der Waals surface area (Å²) in [6.07, 6.45) is 5.63. The van der Waals surface area contributed by atoms with E-state index in [0.717, 1.165) is 16.4 Å². The minimum absolute atomic E-state index is 0.676. The van der Waals surface area contributed by atoms with Gasteiger partial charge in [0, 0.05) is 18.1 Å². The smallest absolute Gasteiger partial charge is 0.126 e. The molecule has 6 heteroatoms. The summed E-state index contributed by atoms with van der Waals surface area (Å²) < 4.78 is 1.74. The Balaban J connectivity index is 1.97. The van der Waals surface area contributed by atoms with E-state index in [1.54, 1.807) is 22.6 Å². The molecule has 0 radical (unpaired) electrons. The van der Waals surface area contributed by atoms with Crippen molar-refractivity contribution in [3.05, 3.63) is 30.2 Å². The number of thioether (sulfide) groups is 1. The number of hydrogen-bond acceptors (Lipinski definition) is 5. The minimum Gasteiger partial charge on any atom is -0.364 e. The van der Waals surface area contributed by atoms with Crippen LogP contribution in [0.4, 0.5) is 5.82 Å². The van der Waals surface area contributed by atoms with E-state index in [2.05, 4.69) is 20.6 Å². The molecule has 0 saturated heterocycles. The third kappa shape index (κ3) is 2.52. The van der Waals surface area contributed by atoms with Crippen LogP contribution in [0.15, 0.2) is 29.4 Å². The normalized spacial score (nSPS) is 10.4. The largest absolute Gasteiger partial charge is 0.364 e. The van der Waals surface area contributed by atoms with Crippen LogP contribution in [0.25, 0.3) is 0 Å². The van der Waals surface area contributed by atoms with Crippen LogP contribution >= 0.6 is 11.8 Å². The van der Waals surface area contributed by atoms with E-state index < -0.39 is 0 Å². The van der Waals surface area contributed by atoms with Gasteiger partial charge in [-0.05, 0) is 18.4 Å². The summed E-state index contributed by atoms with van der Waals surface area (Å²) in [5.74, 6) is 0.860. The lowest BCUT2D eigenvalue weighted by Gasteiger charge is -2.05. The second-order valence-corrected chi connectivity index (χ2v) is 4.17. The average Bonchev–Trinajstić information content (AvgIpc) is 2.73. The van der Waals surface area contributed by atoms with Gasteiger partial charge in [-0.15, -0.1) is 16.9 Å². The van der Waals surface area contributed by atoms with Crippen LogP contribution in [0, 0.1) is 0 Å². The Morgan fingerprint density at radius 1 is 1.38 bits per heavy atom. The Bertz CT molecular complexity index is 450. The first kappa shape index (κ1) is 10.9. The quantitative estimate of drug-likeness (QED) is 0.815. The zero-order valence-corrected chi connectivity index (χ0v) is 10.0. The number of anilines is 1. The van der Waals surface area contributed by atoms with Crippen molar-refractivity contribution in [2.75, 3.05) is 11.6 Å². The Morgan fingerprint density at radius 2 is 2.25 bits per heavy atom. The van der Waals surface area contributed by atoms with Crippen LogP contribution in [0.1, 0.15) is 5.69 Å². The van der Waals surface area contributed by atoms with Crippen LogP contribution in [0.2, 0.25) is 0 Å². The fourth-order valence-corrected chi connectivity index (χ4v) is 1.62. The Kier molecular flexibility index (Phi) is 3.40. The summed E-state index contributed by atoms with van der Waals surface area (Å²) >= 11 is 1.68. The molecule has 0 bridgehead atoms. The molecule has 1 N–H and O–H groups in total. The summed E-state index contributed by atoms with van der Waals surface area (Å²) in [4.78, 5) is 5.46. The van der Waals surface area contributed by atoms with Gasteiger partial charge in [0.2, 0.25) is 0 Å². The van der Waals surface area contributed by atoms with Crippen molar-refractivity contribution in [1.82, 2.24) is 20.0 Å². The van der Waals surface area contributed by atoms with Crippen LogP contribution < -0.4 is 5.32 Å². The van der Waals surface area contributed by atoms with Crippen LogP contribution in [-0.4, -0.2) is 26.2 Å². The Morgan fingerprint density at radius 3 is 2.81 bits per heavy atom. The predicted octanol–water partition coefficient (Wildman–Crippen LogP) is 1.54. The van der Waals surface area contributed by atoms with Crippen molar-refractivity contribution >= 4 is 17.6 Å². The van der Waals surface area contributed by atoms with E-state index in [0.29, 0.717) is 6.54 Å². The van der Waals surface area contributed by atoms with E-state index in [9.17, 15) is 0 Å². The van der Waals surface area contributed by atoms with E-state index in [-0.39, 0.29) is 0 Å². The second kappa shape index (κ2) is 4.98. The van der Waals surface area contributed by atoms with Gasteiger partial charge in [0.1, 0.15) is 5.82 Å². The SMILES string of the molecule is CSc1ccc(NCc2cnnn2C)nc1. The summed E-state index contributed by atoms with van der Waals surface area (Å²) in [5.41, 5.74) is 1.02. The number of pyridine rings is 1.